The van der Waals surface area contributed by atoms with Crippen LogP contribution in [0.1, 0.15) is 30.5 Å². The molecule has 186 valence electrons. The number of esters is 1. The zero-order valence-electron chi connectivity index (χ0n) is 19.9. The highest BCUT2D eigenvalue weighted by molar-refractivity contribution is 8.16. The molecule has 36 heavy (non-hydrogen) atoms. The van der Waals surface area contributed by atoms with Gasteiger partial charge in [-0.2, -0.15) is 0 Å². The second-order valence-corrected chi connectivity index (χ2v) is 9.95. The van der Waals surface area contributed by atoms with E-state index >= 15 is 0 Å². The molecule has 0 aliphatic carbocycles. The number of carbonyl (C=O) groups excluding carboxylic acids is 2. The fourth-order valence-corrected chi connectivity index (χ4v) is 5.67. The van der Waals surface area contributed by atoms with Gasteiger partial charge in [-0.1, -0.05) is 65.8 Å². The van der Waals surface area contributed by atoms with Crippen molar-refractivity contribution in [2.45, 2.75) is 26.0 Å². The first-order valence-corrected chi connectivity index (χ1v) is 13.0. The number of hydrogen-bond acceptors (Lipinski definition) is 7. The minimum absolute atomic E-state index is 0.0238. The van der Waals surface area contributed by atoms with Crippen molar-refractivity contribution in [2.75, 3.05) is 26.3 Å². The fraction of sp³-hybridized carbons (Fsp3) is 0.296. The van der Waals surface area contributed by atoms with Gasteiger partial charge in [0.05, 0.1) is 36.9 Å². The molecular formula is C27H26ClN3O4S. The molecule has 3 aliphatic heterocycles. The van der Waals surface area contributed by atoms with Crippen molar-refractivity contribution in [2.24, 2.45) is 4.99 Å². The maximum absolute atomic E-state index is 13.5. The lowest BCUT2D eigenvalue weighted by atomic mass is 9.94. The number of allylic oxidation sites excluding steroid dienone is 1. The van der Waals surface area contributed by atoms with E-state index in [0.29, 0.717) is 42.6 Å². The maximum Gasteiger partial charge on any atom is 0.338 e. The van der Waals surface area contributed by atoms with Crippen molar-refractivity contribution in [3.8, 4) is 0 Å². The highest BCUT2D eigenvalue weighted by Crippen LogP contribution is 2.45. The van der Waals surface area contributed by atoms with Gasteiger partial charge in [0.2, 0.25) is 5.91 Å². The van der Waals surface area contributed by atoms with Crippen LogP contribution in [0.3, 0.4) is 0 Å². The lowest BCUT2D eigenvalue weighted by molar-refractivity contribution is -0.141. The predicted octanol–water partition coefficient (Wildman–Crippen LogP) is 4.91. The number of carbonyl (C=O) groups is 2. The summed E-state index contributed by atoms with van der Waals surface area (Å²) in [7, 11) is 0. The third-order valence-electron chi connectivity index (χ3n) is 6.29. The van der Waals surface area contributed by atoms with E-state index in [9.17, 15) is 9.59 Å². The van der Waals surface area contributed by atoms with E-state index in [0.717, 1.165) is 22.0 Å². The van der Waals surface area contributed by atoms with Crippen LogP contribution < -0.4 is 0 Å². The molecule has 0 aromatic heterocycles. The third kappa shape index (κ3) is 5.21. The van der Waals surface area contributed by atoms with Gasteiger partial charge >= 0.3 is 5.97 Å². The Labute approximate surface area is 219 Å². The Morgan fingerprint density at radius 1 is 1.14 bits per heavy atom. The number of morpholine rings is 1. The molecule has 1 fully saturated rings. The average Bonchev–Trinajstić information content (AvgIpc) is 3.29. The smallest absolute Gasteiger partial charge is 0.338 e. The number of rotatable bonds is 6. The molecule has 3 heterocycles. The van der Waals surface area contributed by atoms with E-state index in [4.69, 9.17) is 26.1 Å². The number of amidine groups is 1. The number of amides is 1. The van der Waals surface area contributed by atoms with Crippen molar-refractivity contribution in [3.63, 3.8) is 0 Å². The Morgan fingerprint density at radius 2 is 1.92 bits per heavy atom. The van der Waals surface area contributed by atoms with Crippen LogP contribution in [-0.2, 0) is 25.7 Å². The molecule has 5 rings (SSSR count). The monoisotopic (exact) mass is 523 g/mol. The summed E-state index contributed by atoms with van der Waals surface area (Å²) in [6.45, 7) is 4.21. The van der Waals surface area contributed by atoms with Crippen molar-refractivity contribution in [3.05, 3.63) is 93.1 Å². The van der Waals surface area contributed by atoms with Crippen LogP contribution in [0, 0.1) is 0 Å². The largest absolute Gasteiger partial charge is 0.457 e. The number of fused-ring (bicyclic) bond motifs is 1. The molecule has 0 bridgehead atoms. The molecule has 2 aromatic carbocycles. The first-order valence-electron chi connectivity index (χ1n) is 11.8. The summed E-state index contributed by atoms with van der Waals surface area (Å²) in [6.07, 6.45) is 0.203. The summed E-state index contributed by atoms with van der Waals surface area (Å²) in [5.74, 6) is -0.421. The molecule has 0 radical (unpaired) electrons. The quantitative estimate of drug-likeness (QED) is 0.501. The average molecular weight is 524 g/mol. The third-order valence-corrected chi connectivity index (χ3v) is 7.42. The van der Waals surface area contributed by atoms with Gasteiger partial charge in [-0.25, -0.2) is 9.79 Å². The first kappa shape index (κ1) is 24.6. The van der Waals surface area contributed by atoms with Crippen LogP contribution in [0.25, 0.3) is 0 Å². The van der Waals surface area contributed by atoms with Crippen molar-refractivity contribution in [1.29, 1.82) is 0 Å². The van der Waals surface area contributed by atoms with Gasteiger partial charge in [0.1, 0.15) is 6.61 Å². The molecule has 1 amide bonds. The Hall–Kier alpha value is -3.07. The lowest BCUT2D eigenvalue weighted by Gasteiger charge is -2.37. The molecule has 3 aliphatic rings. The number of hydrogen-bond donors (Lipinski definition) is 0. The number of thioether (sulfide) groups is 1. The Balaban J connectivity index is 1.45. The summed E-state index contributed by atoms with van der Waals surface area (Å²) >= 11 is 7.81. The zero-order chi connectivity index (χ0) is 25.1. The molecule has 9 heteroatoms. The van der Waals surface area contributed by atoms with Crippen molar-refractivity contribution in [1.82, 2.24) is 9.80 Å². The van der Waals surface area contributed by atoms with Gasteiger partial charge in [0, 0.05) is 23.8 Å². The van der Waals surface area contributed by atoms with E-state index in [1.54, 1.807) is 6.07 Å². The second-order valence-electron chi connectivity index (χ2n) is 8.68. The molecule has 1 unspecified atom stereocenters. The van der Waals surface area contributed by atoms with Crippen molar-refractivity contribution >= 4 is 40.4 Å². The van der Waals surface area contributed by atoms with Crippen LogP contribution in [0.2, 0.25) is 5.02 Å². The van der Waals surface area contributed by atoms with Gasteiger partial charge in [0.25, 0.3) is 0 Å². The van der Waals surface area contributed by atoms with E-state index in [-0.39, 0.29) is 18.9 Å². The van der Waals surface area contributed by atoms with E-state index < -0.39 is 12.0 Å². The van der Waals surface area contributed by atoms with Crippen molar-refractivity contribution < 1.29 is 19.1 Å². The minimum Gasteiger partial charge on any atom is -0.457 e. The minimum atomic E-state index is -0.516. The van der Waals surface area contributed by atoms with Crippen LogP contribution in [0.15, 0.2) is 82.0 Å². The molecule has 1 saturated heterocycles. The Morgan fingerprint density at radius 3 is 2.67 bits per heavy atom. The number of benzene rings is 2. The van der Waals surface area contributed by atoms with Crippen LogP contribution in [0.4, 0.5) is 0 Å². The van der Waals surface area contributed by atoms with Gasteiger partial charge in [0.15, 0.2) is 5.17 Å². The summed E-state index contributed by atoms with van der Waals surface area (Å²) in [4.78, 5) is 35.1. The highest BCUT2D eigenvalue weighted by Gasteiger charge is 2.41. The number of halogens is 1. The molecule has 2 aromatic rings. The SMILES string of the molecule is CC1=C(C(=O)OCc2ccccc2)C(c2cccc(Cl)c2)N2C(CC(=O)N3CCOCC3)=CSC2=N1. The standard InChI is InChI=1S/C27H26ClN3O4S/c1-18-24(26(33)35-16-19-6-3-2-4-7-19)25(20-8-5-9-21(28)14-20)31-22(17-36-27(31)29-18)15-23(32)30-10-12-34-13-11-30/h2-9,14,17,25H,10-13,15-16H2,1H3. The Kier molecular flexibility index (Phi) is 7.46. The maximum atomic E-state index is 13.5. The summed E-state index contributed by atoms with van der Waals surface area (Å²) in [6, 6.07) is 16.5. The molecule has 0 N–H and O–H groups in total. The van der Waals surface area contributed by atoms with Crippen LogP contribution in [-0.4, -0.2) is 53.1 Å². The molecule has 7 nitrogen and oxygen atoms in total. The summed E-state index contributed by atoms with van der Waals surface area (Å²) in [5.41, 5.74) is 3.54. The second kappa shape index (κ2) is 10.9. The van der Waals surface area contributed by atoms with Crippen LogP contribution in [0.5, 0.6) is 0 Å². The molecular weight excluding hydrogens is 498 g/mol. The highest BCUT2D eigenvalue weighted by atomic mass is 35.5. The van der Waals surface area contributed by atoms with Gasteiger partial charge in [-0.05, 0) is 35.6 Å². The predicted molar refractivity (Wildman–Crippen MR) is 140 cm³/mol. The van der Waals surface area contributed by atoms with Gasteiger partial charge < -0.3 is 19.3 Å². The summed E-state index contributed by atoms with van der Waals surface area (Å²) in [5, 5.41) is 3.23. The summed E-state index contributed by atoms with van der Waals surface area (Å²) < 4.78 is 11.1. The number of nitrogens with zero attached hydrogens (tertiary/aromatic N) is 3. The molecule has 0 spiro atoms. The van der Waals surface area contributed by atoms with E-state index in [1.165, 1.54) is 11.8 Å². The van der Waals surface area contributed by atoms with Gasteiger partial charge in [-0.3, -0.25) is 4.79 Å². The molecule has 1 atom stereocenters. The Bertz CT molecular complexity index is 1250. The normalized spacial score (nSPS) is 19.6. The number of aliphatic imine (C=N–C) groups is 1. The number of ether oxygens (including phenoxy) is 2. The molecule has 0 saturated carbocycles. The lowest BCUT2D eigenvalue weighted by Crippen LogP contribution is -2.42. The van der Waals surface area contributed by atoms with Gasteiger partial charge in [-0.15, -0.1) is 0 Å². The zero-order valence-corrected chi connectivity index (χ0v) is 21.4. The van der Waals surface area contributed by atoms with E-state index in [2.05, 4.69) is 0 Å². The first-order chi connectivity index (χ1) is 17.5. The van der Waals surface area contributed by atoms with Crippen LogP contribution >= 0.6 is 23.4 Å². The topological polar surface area (TPSA) is 71.4 Å². The van der Waals surface area contributed by atoms with E-state index in [1.807, 2.05) is 70.7 Å². The fourth-order valence-electron chi connectivity index (χ4n) is 4.50.